The molecule has 0 spiro atoms. The zero-order chi connectivity index (χ0) is 17.3. The molecule has 0 aromatic heterocycles. The van der Waals surface area contributed by atoms with Crippen LogP contribution < -0.4 is 5.73 Å². The van der Waals surface area contributed by atoms with E-state index in [0.29, 0.717) is 0 Å². The van der Waals surface area contributed by atoms with Crippen molar-refractivity contribution in [2.45, 2.75) is 18.9 Å². The third-order valence-corrected chi connectivity index (χ3v) is 4.62. The predicted octanol–water partition coefficient (Wildman–Crippen LogP) is 2.74. The average molecular weight is 324 g/mol. The summed E-state index contributed by atoms with van der Waals surface area (Å²) in [7, 11) is 1.51. The number of fused-ring (bicyclic) bond motifs is 3. The van der Waals surface area contributed by atoms with Gasteiger partial charge >= 0.3 is 6.09 Å². The van der Waals surface area contributed by atoms with Crippen molar-refractivity contribution in [3.05, 3.63) is 59.7 Å². The van der Waals surface area contributed by atoms with Crippen LogP contribution in [0.4, 0.5) is 4.79 Å². The third-order valence-electron chi connectivity index (χ3n) is 4.62. The summed E-state index contributed by atoms with van der Waals surface area (Å²) in [6.07, 6.45) is -0.553. The van der Waals surface area contributed by atoms with Crippen molar-refractivity contribution in [1.29, 1.82) is 0 Å². The van der Waals surface area contributed by atoms with Gasteiger partial charge in [0.15, 0.2) is 0 Å². The monoisotopic (exact) mass is 324 g/mol. The summed E-state index contributed by atoms with van der Waals surface area (Å²) in [6, 6.07) is 15.6. The second-order valence-electron chi connectivity index (χ2n) is 5.99. The zero-order valence-corrected chi connectivity index (χ0v) is 13.7. The lowest BCUT2D eigenvalue weighted by atomic mass is 9.98. The average Bonchev–Trinajstić information content (AvgIpc) is 2.92. The van der Waals surface area contributed by atoms with Gasteiger partial charge in [-0.1, -0.05) is 48.5 Å². The summed E-state index contributed by atoms with van der Waals surface area (Å²) < 4.78 is 5.45. The first-order chi connectivity index (χ1) is 11.5. The van der Waals surface area contributed by atoms with Gasteiger partial charge < -0.3 is 10.5 Å². The van der Waals surface area contributed by atoms with Gasteiger partial charge in [0.25, 0.3) is 0 Å². The molecule has 2 amide bonds. The fraction of sp³-hybridized carbons (Fsp3) is 0.263. The minimum absolute atomic E-state index is 0.00126. The Morgan fingerprint density at radius 3 is 2.08 bits per heavy atom. The van der Waals surface area contributed by atoms with Crippen LogP contribution in [-0.2, 0) is 9.53 Å². The van der Waals surface area contributed by atoms with E-state index in [1.165, 1.54) is 23.1 Å². The largest absolute Gasteiger partial charge is 0.448 e. The quantitative estimate of drug-likeness (QED) is 0.940. The molecule has 1 aliphatic carbocycles. The van der Waals surface area contributed by atoms with E-state index in [4.69, 9.17) is 10.5 Å². The maximum atomic E-state index is 12.2. The first-order valence-corrected chi connectivity index (χ1v) is 7.88. The zero-order valence-electron chi connectivity index (χ0n) is 13.7. The van der Waals surface area contributed by atoms with Crippen molar-refractivity contribution in [2.75, 3.05) is 13.7 Å². The Morgan fingerprint density at radius 2 is 1.58 bits per heavy atom. The van der Waals surface area contributed by atoms with E-state index in [9.17, 15) is 9.59 Å². The van der Waals surface area contributed by atoms with Crippen LogP contribution in [0, 0.1) is 0 Å². The van der Waals surface area contributed by atoms with Gasteiger partial charge in [-0.25, -0.2) is 4.79 Å². The predicted molar refractivity (Wildman–Crippen MR) is 91.5 cm³/mol. The Labute approximate surface area is 141 Å². The summed E-state index contributed by atoms with van der Waals surface area (Å²) in [6.45, 7) is 1.80. The molecule has 3 rings (SSSR count). The molecule has 0 aliphatic heterocycles. The molecule has 0 saturated carbocycles. The summed E-state index contributed by atoms with van der Waals surface area (Å²) in [5.41, 5.74) is 9.88. The molecule has 0 fully saturated rings. The van der Waals surface area contributed by atoms with E-state index in [1.54, 1.807) is 6.92 Å². The smallest absolute Gasteiger partial charge is 0.410 e. The first kappa shape index (κ1) is 16.1. The number of rotatable bonds is 4. The third kappa shape index (κ3) is 2.73. The molecule has 2 N–H and O–H groups in total. The summed E-state index contributed by atoms with van der Waals surface area (Å²) >= 11 is 0. The molecule has 5 heteroatoms. The van der Waals surface area contributed by atoms with Crippen LogP contribution in [0.1, 0.15) is 24.0 Å². The summed E-state index contributed by atoms with van der Waals surface area (Å²) in [4.78, 5) is 24.6. The second kappa shape index (κ2) is 6.35. The van der Waals surface area contributed by atoms with Crippen LogP contribution in [0.5, 0.6) is 0 Å². The van der Waals surface area contributed by atoms with Crippen molar-refractivity contribution in [3.8, 4) is 11.1 Å². The van der Waals surface area contributed by atoms with E-state index >= 15 is 0 Å². The molecule has 0 bridgehead atoms. The van der Waals surface area contributed by atoms with Gasteiger partial charge in [-0.2, -0.15) is 0 Å². The lowest BCUT2D eigenvalue weighted by Crippen LogP contribution is -2.44. The number of carbonyl (C=O) groups is 2. The van der Waals surface area contributed by atoms with E-state index in [1.807, 2.05) is 24.3 Å². The van der Waals surface area contributed by atoms with Crippen LogP contribution in [-0.4, -0.2) is 36.6 Å². The fourth-order valence-corrected chi connectivity index (χ4v) is 3.04. The minimum atomic E-state index is -0.708. The Bertz CT molecular complexity index is 742. The Kier molecular flexibility index (Phi) is 4.25. The van der Waals surface area contributed by atoms with Crippen LogP contribution in [0.3, 0.4) is 0 Å². The molecular weight excluding hydrogens is 304 g/mol. The fourth-order valence-electron chi connectivity index (χ4n) is 3.04. The van der Waals surface area contributed by atoms with E-state index in [2.05, 4.69) is 24.3 Å². The molecule has 2 aromatic rings. The lowest BCUT2D eigenvalue weighted by Gasteiger charge is -2.23. The maximum Gasteiger partial charge on any atom is 0.410 e. The molecule has 124 valence electrons. The number of nitrogens with two attached hydrogens (primary N) is 1. The molecule has 0 heterocycles. The number of carbonyl (C=O) groups excluding carboxylic acids is 2. The Balaban J connectivity index is 1.79. The molecule has 0 saturated heterocycles. The molecule has 2 aromatic carbocycles. The number of nitrogens with zero attached hydrogens (tertiary/aromatic N) is 1. The highest BCUT2D eigenvalue weighted by atomic mass is 16.6. The normalized spacial score (nSPS) is 13.8. The van der Waals surface area contributed by atoms with Crippen molar-refractivity contribution >= 4 is 12.0 Å². The van der Waals surface area contributed by atoms with Crippen molar-refractivity contribution in [2.24, 2.45) is 5.73 Å². The molecule has 0 unspecified atom stereocenters. The van der Waals surface area contributed by atoms with Crippen molar-refractivity contribution in [3.63, 3.8) is 0 Å². The van der Waals surface area contributed by atoms with E-state index < -0.39 is 18.0 Å². The van der Waals surface area contributed by atoms with Crippen molar-refractivity contribution in [1.82, 2.24) is 4.90 Å². The number of hydrogen-bond acceptors (Lipinski definition) is 3. The maximum absolute atomic E-state index is 12.2. The van der Waals surface area contributed by atoms with Crippen LogP contribution in [0.15, 0.2) is 48.5 Å². The molecule has 1 atom stereocenters. The van der Waals surface area contributed by atoms with Gasteiger partial charge in [0.05, 0.1) is 0 Å². The highest BCUT2D eigenvalue weighted by Crippen LogP contribution is 2.44. The topological polar surface area (TPSA) is 72.6 Å². The van der Waals surface area contributed by atoms with Gasteiger partial charge in [0.2, 0.25) is 5.91 Å². The molecule has 0 radical (unpaired) electrons. The number of likely N-dealkylation sites (N-methyl/N-ethyl adjacent to an activating group) is 1. The minimum Gasteiger partial charge on any atom is -0.448 e. The number of hydrogen-bond donors (Lipinski definition) is 1. The Hall–Kier alpha value is -2.82. The number of primary amides is 1. The SMILES string of the molecule is C[C@@H](C(N)=O)N(C)C(=O)OCC1c2ccccc2-c2ccccc21. The van der Waals surface area contributed by atoms with Crippen LogP contribution in [0.25, 0.3) is 11.1 Å². The van der Waals surface area contributed by atoms with Crippen LogP contribution >= 0.6 is 0 Å². The van der Waals surface area contributed by atoms with Crippen LogP contribution in [0.2, 0.25) is 0 Å². The standard InChI is InChI=1S/C19H20N2O3/c1-12(18(20)22)21(2)19(23)24-11-17-15-9-5-3-7-13(15)14-8-4-6-10-16(14)17/h3-10,12,17H,11H2,1-2H3,(H2,20,22)/t12-/m0/s1. The number of ether oxygens (including phenoxy) is 1. The number of amides is 2. The molecular formula is C19H20N2O3. The first-order valence-electron chi connectivity index (χ1n) is 7.88. The number of benzene rings is 2. The highest BCUT2D eigenvalue weighted by Gasteiger charge is 2.30. The Morgan fingerprint density at radius 1 is 1.08 bits per heavy atom. The molecule has 24 heavy (non-hydrogen) atoms. The van der Waals surface area contributed by atoms with Gasteiger partial charge in [-0.3, -0.25) is 9.69 Å². The lowest BCUT2D eigenvalue weighted by molar-refractivity contribution is -0.121. The summed E-state index contributed by atoms with van der Waals surface area (Å²) in [5, 5.41) is 0. The van der Waals surface area contributed by atoms with E-state index in [-0.39, 0.29) is 12.5 Å². The molecule has 1 aliphatic rings. The highest BCUT2D eigenvalue weighted by molar-refractivity contribution is 5.84. The summed E-state index contributed by atoms with van der Waals surface area (Å²) in [5.74, 6) is -0.565. The van der Waals surface area contributed by atoms with Gasteiger partial charge in [0, 0.05) is 13.0 Å². The van der Waals surface area contributed by atoms with Gasteiger partial charge in [0.1, 0.15) is 12.6 Å². The van der Waals surface area contributed by atoms with Gasteiger partial charge in [-0.15, -0.1) is 0 Å². The van der Waals surface area contributed by atoms with Crippen molar-refractivity contribution < 1.29 is 14.3 Å². The second-order valence-corrected chi connectivity index (χ2v) is 5.99. The molecule has 5 nitrogen and oxygen atoms in total. The van der Waals surface area contributed by atoms with E-state index in [0.717, 1.165) is 11.1 Å². The van der Waals surface area contributed by atoms with Gasteiger partial charge in [-0.05, 0) is 29.2 Å².